The second kappa shape index (κ2) is 8.27. The Hall–Kier alpha value is -1.66. The van der Waals surface area contributed by atoms with Gasteiger partial charge in [-0.1, -0.05) is 32.3 Å². The third-order valence-electron chi connectivity index (χ3n) is 4.68. The topological polar surface area (TPSA) is 86.6 Å². The average molecular weight is 317 g/mol. The smallest absolute Gasteiger partial charge is 0.423 e. The molecule has 2 unspecified atom stereocenters. The summed E-state index contributed by atoms with van der Waals surface area (Å²) in [5, 5.41) is 21.3. The minimum absolute atomic E-state index is 0.106. The van der Waals surface area contributed by atoms with Crippen LogP contribution in [0.5, 0.6) is 0 Å². The normalized spacial score (nSPS) is 21.3. The van der Waals surface area contributed by atoms with Gasteiger partial charge in [0.05, 0.1) is 0 Å². The molecule has 0 radical (unpaired) electrons. The maximum absolute atomic E-state index is 12.2. The Morgan fingerprint density at radius 3 is 2.78 bits per heavy atom. The van der Waals surface area contributed by atoms with Gasteiger partial charge in [0, 0.05) is 17.7 Å². The lowest BCUT2D eigenvalue weighted by Gasteiger charge is -2.15. The summed E-state index contributed by atoms with van der Waals surface area (Å²) in [6, 6.07) is 4.30. The highest BCUT2D eigenvalue weighted by atomic mass is 16.4. The van der Waals surface area contributed by atoms with Crippen LogP contribution in [0.4, 0.5) is 0 Å². The van der Waals surface area contributed by atoms with Gasteiger partial charge >= 0.3 is 7.12 Å². The molecule has 0 aromatic heterocycles. The van der Waals surface area contributed by atoms with Crippen molar-refractivity contribution >= 4 is 24.8 Å². The molecule has 124 valence electrons. The number of amides is 1. The van der Waals surface area contributed by atoms with Crippen LogP contribution in [0, 0.1) is 11.8 Å². The molecule has 1 aromatic rings. The van der Waals surface area contributed by atoms with Crippen molar-refractivity contribution in [3.63, 3.8) is 0 Å². The van der Waals surface area contributed by atoms with E-state index in [4.69, 9.17) is 0 Å². The van der Waals surface area contributed by atoms with Crippen LogP contribution in [0.25, 0.3) is 0 Å². The van der Waals surface area contributed by atoms with E-state index in [2.05, 4.69) is 12.2 Å². The second-order valence-electron chi connectivity index (χ2n) is 6.52. The van der Waals surface area contributed by atoms with Gasteiger partial charge in [-0.2, -0.15) is 0 Å². The Balaban J connectivity index is 1.96. The monoisotopic (exact) mass is 317 g/mol. The van der Waals surface area contributed by atoms with Crippen molar-refractivity contribution in [1.82, 2.24) is 5.32 Å². The first-order valence-corrected chi connectivity index (χ1v) is 8.24. The number of rotatable bonds is 5. The molecule has 0 aliphatic heterocycles. The van der Waals surface area contributed by atoms with Gasteiger partial charge in [-0.25, -0.2) is 0 Å². The van der Waals surface area contributed by atoms with Crippen LogP contribution in [-0.4, -0.2) is 35.9 Å². The molecule has 1 aromatic carbocycles. The maximum atomic E-state index is 12.2. The van der Waals surface area contributed by atoms with Crippen LogP contribution in [0.15, 0.2) is 18.2 Å². The molecule has 1 aliphatic carbocycles. The van der Waals surface area contributed by atoms with Crippen molar-refractivity contribution in [2.75, 3.05) is 6.54 Å². The van der Waals surface area contributed by atoms with Gasteiger partial charge in [0.1, 0.15) is 6.29 Å². The van der Waals surface area contributed by atoms with E-state index in [9.17, 15) is 19.6 Å². The molecule has 1 aliphatic rings. The Bertz CT molecular complexity index is 562. The van der Waals surface area contributed by atoms with Gasteiger partial charge in [-0.05, 0) is 42.3 Å². The summed E-state index contributed by atoms with van der Waals surface area (Å²) < 4.78 is 0. The molecule has 3 N–H and O–H groups in total. The highest BCUT2D eigenvalue weighted by Crippen LogP contribution is 2.26. The zero-order valence-corrected chi connectivity index (χ0v) is 13.5. The summed E-state index contributed by atoms with van der Waals surface area (Å²) in [6.07, 6.45) is 6.48. The van der Waals surface area contributed by atoms with E-state index in [1.807, 2.05) is 0 Å². The molecule has 6 heteroatoms. The van der Waals surface area contributed by atoms with E-state index in [0.717, 1.165) is 18.8 Å². The van der Waals surface area contributed by atoms with E-state index >= 15 is 0 Å². The minimum atomic E-state index is -1.72. The Morgan fingerprint density at radius 1 is 1.30 bits per heavy atom. The summed E-state index contributed by atoms with van der Waals surface area (Å²) in [6.45, 7) is 2.92. The summed E-state index contributed by atoms with van der Waals surface area (Å²) in [5.41, 5.74) is 0.587. The number of aldehydes is 1. The number of carbonyl (C=O) groups excluding carboxylic acids is 2. The van der Waals surface area contributed by atoms with Crippen molar-refractivity contribution in [2.24, 2.45) is 11.8 Å². The van der Waals surface area contributed by atoms with Crippen molar-refractivity contribution in [1.29, 1.82) is 0 Å². The second-order valence-corrected chi connectivity index (χ2v) is 6.52. The molecule has 5 nitrogen and oxygen atoms in total. The number of nitrogens with one attached hydrogen (secondary N) is 1. The first-order chi connectivity index (χ1) is 11.0. The van der Waals surface area contributed by atoms with Crippen LogP contribution >= 0.6 is 0 Å². The third kappa shape index (κ3) is 4.91. The first-order valence-electron chi connectivity index (χ1n) is 8.24. The lowest BCUT2D eigenvalue weighted by molar-refractivity contribution is 0.0945. The quantitative estimate of drug-likeness (QED) is 0.432. The number of hydrogen-bond donors (Lipinski definition) is 3. The van der Waals surface area contributed by atoms with Crippen molar-refractivity contribution in [2.45, 2.75) is 39.0 Å². The van der Waals surface area contributed by atoms with Gasteiger partial charge in [0.2, 0.25) is 0 Å². The van der Waals surface area contributed by atoms with Crippen LogP contribution in [0.1, 0.15) is 59.7 Å². The summed E-state index contributed by atoms with van der Waals surface area (Å²) >= 11 is 0. The van der Waals surface area contributed by atoms with E-state index in [1.165, 1.54) is 37.5 Å². The molecule has 1 saturated carbocycles. The predicted octanol–water partition coefficient (Wildman–Crippen LogP) is 1.13. The predicted molar refractivity (Wildman–Crippen MR) is 89.7 cm³/mol. The molecular formula is C17H24BNO4. The molecule has 2 atom stereocenters. The highest BCUT2D eigenvalue weighted by molar-refractivity contribution is 6.60. The number of benzene rings is 1. The van der Waals surface area contributed by atoms with Crippen LogP contribution in [-0.2, 0) is 0 Å². The fourth-order valence-electron chi connectivity index (χ4n) is 3.16. The van der Waals surface area contributed by atoms with E-state index in [-0.39, 0.29) is 16.9 Å². The van der Waals surface area contributed by atoms with Gasteiger partial charge in [0.15, 0.2) is 0 Å². The van der Waals surface area contributed by atoms with Crippen LogP contribution in [0.2, 0.25) is 0 Å². The van der Waals surface area contributed by atoms with Crippen molar-refractivity contribution in [3.05, 3.63) is 29.3 Å². The largest absolute Gasteiger partial charge is 0.489 e. The molecule has 0 spiro atoms. The standard InChI is InChI=1S/C17H24BNO4/c1-12-3-2-4-13(6-5-12)10-19-17(21)14-7-8-16(18(22)23)15(9-14)11-20/h7-9,11-13,22-23H,2-6,10H2,1H3,(H,19,21). The van der Waals surface area contributed by atoms with Crippen molar-refractivity contribution < 1.29 is 19.6 Å². The van der Waals surface area contributed by atoms with E-state index in [1.54, 1.807) is 0 Å². The number of hydrogen-bond acceptors (Lipinski definition) is 4. The molecule has 23 heavy (non-hydrogen) atoms. The minimum Gasteiger partial charge on any atom is -0.423 e. The molecule has 1 amide bonds. The molecule has 0 saturated heterocycles. The zero-order valence-electron chi connectivity index (χ0n) is 13.5. The van der Waals surface area contributed by atoms with Gasteiger partial charge in [0.25, 0.3) is 5.91 Å². The van der Waals surface area contributed by atoms with Gasteiger partial charge in [-0.3, -0.25) is 9.59 Å². The van der Waals surface area contributed by atoms with E-state index < -0.39 is 7.12 Å². The van der Waals surface area contributed by atoms with E-state index in [0.29, 0.717) is 24.3 Å². The van der Waals surface area contributed by atoms with Gasteiger partial charge < -0.3 is 15.4 Å². The lowest BCUT2D eigenvalue weighted by atomic mass is 9.77. The molecule has 1 fully saturated rings. The molecule has 0 heterocycles. The maximum Gasteiger partial charge on any atom is 0.489 e. The molecule has 0 bridgehead atoms. The fraction of sp³-hybridized carbons (Fsp3) is 0.529. The number of carbonyl (C=O) groups is 2. The van der Waals surface area contributed by atoms with Gasteiger partial charge in [-0.15, -0.1) is 0 Å². The third-order valence-corrected chi connectivity index (χ3v) is 4.68. The summed E-state index contributed by atoms with van der Waals surface area (Å²) in [5.74, 6) is 1.04. The van der Waals surface area contributed by atoms with Crippen molar-refractivity contribution in [3.8, 4) is 0 Å². The molecule has 2 rings (SSSR count). The zero-order chi connectivity index (χ0) is 16.8. The summed E-state index contributed by atoms with van der Waals surface area (Å²) in [7, 11) is -1.72. The lowest BCUT2D eigenvalue weighted by Crippen LogP contribution is -2.34. The fourth-order valence-corrected chi connectivity index (χ4v) is 3.16. The van der Waals surface area contributed by atoms with Crippen LogP contribution < -0.4 is 10.8 Å². The average Bonchev–Trinajstić information content (AvgIpc) is 2.76. The SMILES string of the molecule is CC1CCCC(CNC(=O)c2ccc(B(O)O)c(C=O)c2)CC1. The Kier molecular flexibility index (Phi) is 6.36. The molecular weight excluding hydrogens is 293 g/mol. The summed E-state index contributed by atoms with van der Waals surface area (Å²) in [4.78, 5) is 23.3. The first kappa shape index (κ1) is 17.7. The Morgan fingerprint density at radius 2 is 2.09 bits per heavy atom. The van der Waals surface area contributed by atoms with Crippen LogP contribution in [0.3, 0.4) is 0 Å². The Labute approximate surface area is 137 Å². The highest BCUT2D eigenvalue weighted by Gasteiger charge is 2.19.